The van der Waals surface area contributed by atoms with Crippen molar-refractivity contribution in [1.29, 1.82) is 0 Å². The number of hydrogen-bond acceptors (Lipinski definition) is 3. The molecule has 1 aromatic carbocycles. The second kappa shape index (κ2) is 6.76. The molecule has 0 bridgehead atoms. The van der Waals surface area contributed by atoms with Crippen LogP contribution in [0.1, 0.15) is 24.4 Å². The predicted octanol–water partition coefficient (Wildman–Crippen LogP) is 2.81. The van der Waals surface area contributed by atoms with Crippen molar-refractivity contribution in [2.45, 2.75) is 18.9 Å². The number of benzene rings is 1. The van der Waals surface area contributed by atoms with Gasteiger partial charge in [-0.1, -0.05) is 6.07 Å². The zero-order chi connectivity index (χ0) is 14.6. The van der Waals surface area contributed by atoms with Gasteiger partial charge in [-0.25, -0.2) is 17.2 Å². The Balaban J connectivity index is 2.83. The summed E-state index contributed by atoms with van der Waals surface area (Å²) in [7, 11) is -1.32. The van der Waals surface area contributed by atoms with Crippen LogP contribution in [0.15, 0.2) is 16.6 Å². The van der Waals surface area contributed by atoms with Crippen molar-refractivity contribution in [3.8, 4) is 0 Å². The Morgan fingerprint density at radius 1 is 1.37 bits per heavy atom. The van der Waals surface area contributed by atoms with Crippen LogP contribution in [0.25, 0.3) is 0 Å². The minimum absolute atomic E-state index is 0.0752. The lowest BCUT2D eigenvalue weighted by molar-refractivity contribution is 0.489. The van der Waals surface area contributed by atoms with Crippen LogP contribution in [0.2, 0.25) is 0 Å². The van der Waals surface area contributed by atoms with E-state index in [0.29, 0.717) is 18.4 Å². The molecule has 0 aliphatic carbocycles. The smallest absolute Gasteiger partial charge is 0.173 e. The maximum absolute atomic E-state index is 13.5. The van der Waals surface area contributed by atoms with Crippen molar-refractivity contribution in [2.24, 2.45) is 0 Å². The standard InChI is InChI=1S/C12H16BrF2NO2S/c1-16-10(4-3-7-19(2,17)18)8-5-6-9(14)12(15)11(8)13/h5-6,10,16H,3-4,7H2,1-2H3. The number of nitrogens with one attached hydrogen (secondary N) is 1. The lowest BCUT2D eigenvalue weighted by Crippen LogP contribution is -2.18. The van der Waals surface area contributed by atoms with Gasteiger partial charge in [0.15, 0.2) is 11.6 Å². The van der Waals surface area contributed by atoms with Gasteiger partial charge in [0.25, 0.3) is 0 Å². The van der Waals surface area contributed by atoms with E-state index in [-0.39, 0.29) is 16.3 Å². The molecule has 1 unspecified atom stereocenters. The summed E-state index contributed by atoms with van der Waals surface area (Å²) in [6.07, 6.45) is 2.15. The molecule has 1 N–H and O–H groups in total. The molecule has 19 heavy (non-hydrogen) atoms. The number of hydrogen-bond donors (Lipinski definition) is 1. The molecule has 0 heterocycles. The summed E-state index contributed by atoms with van der Waals surface area (Å²) in [5.74, 6) is -1.77. The predicted molar refractivity (Wildman–Crippen MR) is 74.8 cm³/mol. The van der Waals surface area contributed by atoms with Crippen molar-refractivity contribution in [3.63, 3.8) is 0 Å². The maximum Gasteiger partial charge on any atom is 0.173 e. The normalized spacial score (nSPS) is 13.5. The van der Waals surface area contributed by atoms with Gasteiger partial charge in [0.1, 0.15) is 9.84 Å². The first-order valence-electron chi connectivity index (χ1n) is 5.74. The van der Waals surface area contributed by atoms with E-state index in [1.165, 1.54) is 12.3 Å². The third-order valence-corrected chi connectivity index (χ3v) is 4.63. The largest absolute Gasteiger partial charge is 0.313 e. The summed E-state index contributed by atoms with van der Waals surface area (Å²) in [4.78, 5) is 0. The van der Waals surface area contributed by atoms with Gasteiger partial charge in [-0.2, -0.15) is 0 Å². The van der Waals surface area contributed by atoms with Gasteiger partial charge >= 0.3 is 0 Å². The third kappa shape index (κ3) is 4.81. The van der Waals surface area contributed by atoms with Crippen LogP contribution in [0.3, 0.4) is 0 Å². The molecule has 0 amide bonds. The number of halogens is 3. The van der Waals surface area contributed by atoms with Gasteiger partial charge in [0, 0.05) is 18.1 Å². The average Bonchev–Trinajstić information content (AvgIpc) is 2.32. The minimum atomic E-state index is -3.01. The van der Waals surface area contributed by atoms with Gasteiger partial charge in [-0.15, -0.1) is 0 Å². The van der Waals surface area contributed by atoms with E-state index in [1.807, 2.05) is 0 Å². The van der Waals surface area contributed by atoms with Crippen LogP contribution in [-0.2, 0) is 9.84 Å². The number of sulfone groups is 1. The monoisotopic (exact) mass is 355 g/mol. The van der Waals surface area contributed by atoms with Gasteiger partial charge in [-0.3, -0.25) is 0 Å². The lowest BCUT2D eigenvalue weighted by atomic mass is 10.0. The Morgan fingerprint density at radius 2 is 2.00 bits per heavy atom. The van der Waals surface area contributed by atoms with Crippen LogP contribution in [0.4, 0.5) is 8.78 Å². The Labute approximate surface area is 120 Å². The number of rotatable bonds is 6. The molecule has 1 atom stereocenters. The van der Waals surface area contributed by atoms with Gasteiger partial charge in [-0.05, 0) is 47.4 Å². The van der Waals surface area contributed by atoms with Gasteiger partial charge < -0.3 is 5.32 Å². The fourth-order valence-corrected chi connectivity index (χ4v) is 3.10. The molecule has 7 heteroatoms. The van der Waals surface area contributed by atoms with Crippen LogP contribution < -0.4 is 5.32 Å². The summed E-state index contributed by atoms with van der Waals surface area (Å²) in [6, 6.07) is 2.33. The second-order valence-electron chi connectivity index (χ2n) is 4.38. The van der Waals surface area contributed by atoms with Gasteiger partial charge in [0.2, 0.25) is 0 Å². The Hall–Kier alpha value is -0.530. The highest BCUT2D eigenvalue weighted by Gasteiger charge is 2.18. The summed E-state index contributed by atoms with van der Waals surface area (Å²) >= 11 is 3.03. The van der Waals surface area contributed by atoms with Gasteiger partial charge in [0.05, 0.1) is 4.47 Å². The molecule has 0 fully saturated rings. The second-order valence-corrected chi connectivity index (χ2v) is 7.43. The van der Waals surface area contributed by atoms with E-state index in [2.05, 4.69) is 21.2 Å². The van der Waals surface area contributed by atoms with Crippen LogP contribution in [0, 0.1) is 11.6 Å². The molecule has 0 aliphatic rings. The van der Waals surface area contributed by atoms with Crippen molar-refractivity contribution in [3.05, 3.63) is 33.8 Å². The Morgan fingerprint density at radius 3 is 2.53 bits per heavy atom. The first kappa shape index (κ1) is 16.5. The first-order chi connectivity index (χ1) is 8.76. The minimum Gasteiger partial charge on any atom is -0.313 e. The van der Waals surface area contributed by atoms with Crippen molar-refractivity contribution >= 4 is 25.8 Å². The molecular formula is C12H16BrF2NO2S. The highest BCUT2D eigenvalue weighted by atomic mass is 79.9. The lowest BCUT2D eigenvalue weighted by Gasteiger charge is -2.18. The van der Waals surface area contributed by atoms with Crippen molar-refractivity contribution < 1.29 is 17.2 Å². The van der Waals surface area contributed by atoms with E-state index in [1.54, 1.807) is 7.05 Å². The Bertz CT molecular complexity index is 549. The zero-order valence-corrected chi connectivity index (χ0v) is 13.1. The molecule has 0 spiro atoms. The SMILES string of the molecule is CNC(CCCS(C)(=O)=O)c1ccc(F)c(F)c1Br. The Kier molecular flexibility index (Phi) is 5.88. The fraction of sp³-hybridized carbons (Fsp3) is 0.500. The molecule has 0 aliphatic heterocycles. The molecule has 108 valence electrons. The van der Waals surface area contributed by atoms with Crippen LogP contribution in [-0.4, -0.2) is 27.5 Å². The molecule has 0 aromatic heterocycles. The summed E-state index contributed by atoms with van der Waals surface area (Å²) in [5, 5.41) is 2.98. The first-order valence-corrected chi connectivity index (χ1v) is 8.60. The molecular weight excluding hydrogens is 340 g/mol. The quantitative estimate of drug-likeness (QED) is 0.798. The zero-order valence-electron chi connectivity index (χ0n) is 10.7. The average molecular weight is 356 g/mol. The molecule has 1 rings (SSSR count). The van der Waals surface area contributed by atoms with E-state index in [9.17, 15) is 17.2 Å². The summed E-state index contributed by atoms with van der Waals surface area (Å²) in [6.45, 7) is 0. The van der Waals surface area contributed by atoms with E-state index in [4.69, 9.17) is 0 Å². The van der Waals surface area contributed by atoms with E-state index in [0.717, 1.165) is 6.07 Å². The molecule has 0 radical (unpaired) electrons. The fourth-order valence-electron chi connectivity index (χ4n) is 1.81. The van der Waals surface area contributed by atoms with Crippen molar-refractivity contribution in [2.75, 3.05) is 19.1 Å². The third-order valence-electron chi connectivity index (χ3n) is 2.80. The van der Waals surface area contributed by atoms with E-state index < -0.39 is 21.5 Å². The summed E-state index contributed by atoms with van der Waals surface area (Å²) in [5.41, 5.74) is 0.579. The topological polar surface area (TPSA) is 46.2 Å². The highest BCUT2D eigenvalue weighted by molar-refractivity contribution is 9.10. The van der Waals surface area contributed by atoms with Crippen LogP contribution in [0.5, 0.6) is 0 Å². The highest BCUT2D eigenvalue weighted by Crippen LogP contribution is 2.30. The maximum atomic E-state index is 13.5. The molecule has 3 nitrogen and oxygen atoms in total. The molecule has 0 saturated carbocycles. The summed E-state index contributed by atoms with van der Waals surface area (Å²) < 4.78 is 48.7. The molecule has 0 saturated heterocycles. The van der Waals surface area contributed by atoms with Crippen molar-refractivity contribution in [1.82, 2.24) is 5.32 Å². The molecule has 1 aromatic rings. The van der Waals surface area contributed by atoms with Crippen LogP contribution >= 0.6 is 15.9 Å². The van der Waals surface area contributed by atoms with E-state index >= 15 is 0 Å².